The number of sulfonamides is 1. The third kappa shape index (κ3) is 4.83. The van der Waals surface area contributed by atoms with Gasteiger partial charge in [0.2, 0.25) is 15.9 Å². The van der Waals surface area contributed by atoms with Crippen molar-refractivity contribution in [2.75, 3.05) is 26.2 Å². The largest absolute Gasteiger partial charge is 0.376 e. The van der Waals surface area contributed by atoms with Crippen LogP contribution in [0.3, 0.4) is 0 Å². The second kappa shape index (κ2) is 8.49. The summed E-state index contributed by atoms with van der Waals surface area (Å²) in [6, 6.07) is 0. The zero-order valence-corrected chi connectivity index (χ0v) is 16.1. The third-order valence-electron chi connectivity index (χ3n) is 5.22. The zero-order valence-electron chi connectivity index (χ0n) is 15.3. The van der Waals surface area contributed by atoms with Gasteiger partial charge in [0, 0.05) is 45.9 Å². The molecule has 1 atom stereocenters. The maximum Gasteiger partial charge on any atom is 0.246 e. The van der Waals surface area contributed by atoms with Crippen LogP contribution >= 0.6 is 0 Å². The Morgan fingerprint density at radius 2 is 2.12 bits per heavy atom. The van der Waals surface area contributed by atoms with E-state index in [0.717, 1.165) is 38.7 Å². The van der Waals surface area contributed by atoms with Crippen LogP contribution in [0.1, 0.15) is 38.5 Å². The Hall–Kier alpha value is -1.45. The minimum Gasteiger partial charge on any atom is -0.376 e. The normalized spacial score (nSPS) is 22.6. The molecule has 2 fully saturated rings. The monoisotopic (exact) mass is 384 g/mol. The number of carbonyl (C=O) groups is 1. The molecule has 0 aromatic carbocycles. The molecule has 0 radical (unpaired) electrons. The molecule has 8 nitrogen and oxygen atoms in total. The molecule has 1 amide bonds. The van der Waals surface area contributed by atoms with Crippen LogP contribution < -0.4 is 5.32 Å². The molecule has 0 spiro atoms. The molecule has 0 aliphatic carbocycles. The number of ether oxygens (including phenoxy) is 1. The van der Waals surface area contributed by atoms with Gasteiger partial charge in [-0.15, -0.1) is 0 Å². The first-order chi connectivity index (χ1) is 12.4. The molecular weight excluding hydrogens is 356 g/mol. The molecule has 3 rings (SSSR count). The highest BCUT2D eigenvalue weighted by Crippen LogP contribution is 2.26. The van der Waals surface area contributed by atoms with Gasteiger partial charge < -0.3 is 10.1 Å². The van der Waals surface area contributed by atoms with Gasteiger partial charge in [0.15, 0.2) is 0 Å². The Morgan fingerprint density at radius 3 is 2.73 bits per heavy atom. The molecule has 3 heterocycles. The molecule has 2 saturated heterocycles. The van der Waals surface area contributed by atoms with Crippen LogP contribution in [-0.2, 0) is 26.6 Å². The van der Waals surface area contributed by atoms with Crippen molar-refractivity contribution in [1.82, 2.24) is 19.4 Å². The average molecular weight is 385 g/mol. The van der Waals surface area contributed by atoms with Gasteiger partial charge >= 0.3 is 0 Å². The fourth-order valence-electron chi connectivity index (χ4n) is 3.58. The zero-order chi connectivity index (χ0) is 18.6. The van der Waals surface area contributed by atoms with Crippen LogP contribution in [0.2, 0.25) is 0 Å². The van der Waals surface area contributed by atoms with E-state index in [0.29, 0.717) is 32.0 Å². The number of hydrogen-bond donors (Lipinski definition) is 1. The molecule has 0 saturated carbocycles. The Bertz CT molecular complexity index is 704. The average Bonchev–Trinajstić information content (AvgIpc) is 3.30. The van der Waals surface area contributed by atoms with Crippen molar-refractivity contribution < 1.29 is 17.9 Å². The SMILES string of the molecule is Cn1cc(S(=O)(=O)N2CCC(CCC(=O)NC[C@@H]3CCCO3)CC2)cn1. The van der Waals surface area contributed by atoms with E-state index in [1.807, 2.05) is 0 Å². The van der Waals surface area contributed by atoms with Gasteiger partial charge in [-0.2, -0.15) is 9.40 Å². The first-order valence-electron chi connectivity index (χ1n) is 9.32. The summed E-state index contributed by atoms with van der Waals surface area (Å²) in [6.45, 7) is 2.39. The van der Waals surface area contributed by atoms with E-state index in [4.69, 9.17) is 4.74 Å². The summed E-state index contributed by atoms with van der Waals surface area (Å²) < 4.78 is 33.7. The summed E-state index contributed by atoms with van der Waals surface area (Å²) in [5.41, 5.74) is 0. The van der Waals surface area contributed by atoms with Crippen LogP contribution in [-0.4, -0.2) is 60.8 Å². The van der Waals surface area contributed by atoms with Gasteiger partial charge in [-0.25, -0.2) is 8.42 Å². The van der Waals surface area contributed by atoms with Gasteiger partial charge in [-0.3, -0.25) is 9.48 Å². The van der Waals surface area contributed by atoms with Crippen molar-refractivity contribution in [2.45, 2.75) is 49.5 Å². The number of hydrogen-bond acceptors (Lipinski definition) is 5. The number of amides is 1. The smallest absolute Gasteiger partial charge is 0.246 e. The highest BCUT2D eigenvalue weighted by molar-refractivity contribution is 7.89. The second-order valence-electron chi connectivity index (χ2n) is 7.17. The lowest BCUT2D eigenvalue weighted by molar-refractivity contribution is -0.121. The lowest BCUT2D eigenvalue weighted by Crippen LogP contribution is -2.38. The Morgan fingerprint density at radius 1 is 1.35 bits per heavy atom. The molecule has 1 N–H and O–H groups in total. The molecule has 0 unspecified atom stereocenters. The minimum absolute atomic E-state index is 0.0610. The van der Waals surface area contributed by atoms with Crippen molar-refractivity contribution in [2.24, 2.45) is 13.0 Å². The van der Waals surface area contributed by atoms with E-state index in [1.165, 1.54) is 21.4 Å². The van der Waals surface area contributed by atoms with Gasteiger partial charge in [0.1, 0.15) is 4.90 Å². The van der Waals surface area contributed by atoms with Crippen molar-refractivity contribution in [1.29, 1.82) is 0 Å². The van der Waals surface area contributed by atoms with E-state index in [9.17, 15) is 13.2 Å². The molecule has 0 bridgehead atoms. The van der Waals surface area contributed by atoms with Crippen molar-refractivity contribution in [3.05, 3.63) is 12.4 Å². The summed E-state index contributed by atoms with van der Waals surface area (Å²) in [6.07, 6.45) is 8.05. The fourth-order valence-corrected chi connectivity index (χ4v) is 5.03. The van der Waals surface area contributed by atoms with Crippen molar-refractivity contribution >= 4 is 15.9 Å². The summed E-state index contributed by atoms with van der Waals surface area (Å²) in [5.74, 6) is 0.453. The molecular formula is C17H28N4O4S. The lowest BCUT2D eigenvalue weighted by atomic mass is 9.93. The molecule has 26 heavy (non-hydrogen) atoms. The van der Waals surface area contributed by atoms with Crippen molar-refractivity contribution in [3.8, 4) is 0 Å². The van der Waals surface area contributed by atoms with Crippen LogP contribution in [0.5, 0.6) is 0 Å². The number of nitrogens with one attached hydrogen (secondary N) is 1. The van der Waals surface area contributed by atoms with Crippen LogP contribution in [0, 0.1) is 5.92 Å². The van der Waals surface area contributed by atoms with Crippen LogP contribution in [0.25, 0.3) is 0 Å². The Balaban J connectivity index is 1.39. The van der Waals surface area contributed by atoms with E-state index in [2.05, 4.69) is 10.4 Å². The summed E-state index contributed by atoms with van der Waals surface area (Å²) in [5, 5.41) is 6.89. The van der Waals surface area contributed by atoms with E-state index in [1.54, 1.807) is 7.05 Å². The number of nitrogens with zero attached hydrogens (tertiary/aromatic N) is 3. The molecule has 1 aromatic heterocycles. The second-order valence-corrected chi connectivity index (χ2v) is 9.11. The highest BCUT2D eigenvalue weighted by Gasteiger charge is 2.30. The Labute approximate surface area is 154 Å². The van der Waals surface area contributed by atoms with Crippen LogP contribution in [0.15, 0.2) is 17.3 Å². The van der Waals surface area contributed by atoms with Gasteiger partial charge in [-0.05, 0) is 38.0 Å². The number of aromatic nitrogens is 2. The first-order valence-corrected chi connectivity index (χ1v) is 10.8. The van der Waals surface area contributed by atoms with Gasteiger partial charge in [-0.1, -0.05) is 0 Å². The number of carbonyl (C=O) groups excluding carboxylic acids is 1. The molecule has 2 aliphatic rings. The van der Waals surface area contributed by atoms with Crippen LogP contribution in [0.4, 0.5) is 0 Å². The summed E-state index contributed by atoms with van der Waals surface area (Å²) in [4.78, 5) is 12.2. The topological polar surface area (TPSA) is 93.5 Å². The summed E-state index contributed by atoms with van der Waals surface area (Å²) in [7, 11) is -1.75. The third-order valence-corrected chi connectivity index (χ3v) is 7.07. The maximum absolute atomic E-state index is 12.6. The molecule has 146 valence electrons. The van der Waals surface area contributed by atoms with E-state index >= 15 is 0 Å². The fraction of sp³-hybridized carbons (Fsp3) is 0.765. The number of piperidine rings is 1. The number of rotatable bonds is 7. The maximum atomic E-state index is 12.6. The van der Waals surface area contributed by atoms with Gasteiger partial charge in [0.05, 0.1) is 12.3 Å². The van der Waals surface area contributed by atoms with Crippen molar-refractivity contribution in [3.63, 3.8) is 0 Å². The minimum atomic E-state index is -3.46. The molecule has 9 heteroatoms. The van der Waals surface area contributed by atoms with E-state index in [-0.39, 0.29) is 16.9 Å². The van der Waals surface area contributed by atoms with E-state index < -0.39 is 10.0 Å². The highest BCUT2D eigenvalue weighted by atomic mass is 32.2. The lowest BCUT2D eigenvalue weighted by Gasteiger charge is -2.30. The predicted molar refractivity (Wildman–Crippen MR) is 95.9 cm³/mol. The summed E-state index contributed by atoms with van der Waals surface area (Å²) >= 11 is 0. The standard InChI is InChI=1S/C17H28N4O4S/c1-20-13-16(12-19-20)26(23,24)21-8-6-14(7-9-21)4-5-17(22)18-11-15-3-2-10-25-15/h12-15H,2-11H2,1H3,(H,18,22)/t15-/m0/s1. The molecule has 2 aliphatic heterocycles. The van der Waals surface area contributed by atoms with Gasteiger partial charge in [0.25, 0.3) is 0 Å². The predicted octanol–water partition coefficient (Wildman–Crippen LogP) is 0.896. The molecule has 1 aromatic rings. The quantitative estimate of drug-likeness (QED) is 0.754. The first kappa shape index (κ1) is 19.3. The number of aryl methyl sites for hydroxylation is 1. The Kier molecular flexibility index (Phi) is 6.31.